The molecule has 0 spiro atoms. The van der Waals surface area contributed by atoms with Crippen molar-refractivity contribution in [2.45, 2.75) is 25.9 Å². The molecule has 2 heterocycles. The van der Waals surface area contributed by atoms with Gasteiger partial charge in [0.1, 0.15) is 24.1 Å². The van der Waals surface area contributed by atoms with Crippen molar-refractivity contribution < 1.29 is 13.9 Å². The van der Waals surface area contributed by atoms with Crippen molar-refractivity contribution >= 4 is 34.0 Å². The first-order chi connectivity index (χ1) is 14.5. The van der Waals surface area contributed by atoms with Crippen LogP contribution < -0.4 is 14.8 Å². The molecule has 0 amide bonds. The number of ether oxygens (including phenoxy) is 2. The SMILES string of the molecule is CCOc1cc2ncnc(Nc3ccc(F)c(Cl)c3)c2cc1OC1CCN(C)CC1. The summed E-state index contributed by atoms with van der Waals surface area (Å²) in [5.41, 5.74) is 1.35. The van der Waals surface area contributed by atoms with E-state index in [9.17, 15) is 4.39 Å². The zero-order valence-electron chi connectivity index (χ0n) is 17.0. The van der Waals surface area contributed by atoms with Crippen LogP contribution in [0.15, 0.2) is 36.7 Å². The molecule has 6 nitrogen and oxygen atoms in total. The lowest BCUT2D eigenvalue weighted by Crippen LogP contribution is -2.35. The van der Waals surface area contributed by atoms with Crippen LogP contribution in [0.2, 0.25) is 5.02 Å². The van der Waals surface area contributed by atoms with E-state index in [-0.39, 0.29) is 11.1 Å². The minimum absolute atomic E-state index is 0.0447. The first-order valence-corrected chi connectivity index (χ1v) is 10.4. The average Bonchev–Trinajstić information content (AvgIpc) is 2.73. The Morgan fingerprint density at radius 2 is 1.97 bits per heavy atom. The zero-order chi connectivity index (χ0) is 21.1. The summed E-state index contributed by atoms with van der Waals surface area (Å²) in [6.07, 6.45) is 3.54. The van der Waals surface area contributed by atoms with Gasteiger partial charge in [-0.05, 0) is 51.1 Å². The molecule has 0 bridgehead atoms. The molecule has 8 heteroatoms. The van der Waals surface area contributed by atoms with Gasteiger partial charge in [0.15, 0.2) is 11.5 Å². The molecule has 1 aromatic heterocycles. The molecule has 1 aliphatic heterocycles. The third-order valence-electron chi connectivity index (χ3n) is 5.14. The second-order valence-corrected chi connectivity index (χ2v) is 7.75. The van der Waals surface area contributed by atoms with Crippen molar-refractivity contribution in [3.63, 3.8) is 0 Å². The second-order valence-electron chi connectivity index (χ2n) is 7.35. The van der Waals surface area contributed by atoms with E-state index in [1.807, 2.05) is 19.1 Å². The molecular formula is C22H24ClFN4O2. The van der Waals surface area contributed by atoms with Gasteiger partial charge >= 0.3 is 0 Å². The van der Waals surface area contributed by atoms with Crippen molar-refractivity contribution in [1.82, 2.24) is 14.9 Å². The first-order valence-electron chi connectivity index (χ1n) is 10.0. The van der Waals surface area contributed by atoms with E-state index in [1.165, 1.54) is 18.5 Å². The Kier molecular flexibility index (Phi) is 6.20. The molecule has 4 rings (SSSR count). The van der Waals surface area contributed by atoms with Crippen molar-refractivity contribution in [1.29, 1.82) is 0 Å². The Bertz CT molecular complexity index is 1040. The molecule has 1 N–H and O–H groups in total. The Morgan fingerprint density at radius 1 is 1.17 bits per heavy atom. The van der Waals surface area contributed by atoms with Crippen molar-refractivity contribution in [3.8, 4) is 11.5 Å². The minimum Gasteiger partial charge on any atom is -0.490 e. The van der Waals surface area contributed by atoms with Crippen LogP contribution in [0.1, 0.15) is 19.8 Å². The highest BCUT2D eigenvalue weighted by molar-refractivity contribution is 6.31. The summed E-state index contributed by atoms with van der Waals surface area (Å²) in [6.45, 7) is 4.47. The van der Waals surface area contributed by atoms with Gasteiger partial charge in [-0.3, -0.25) is 0 Å². The highest BCUT2D eigenvalue weighted by Gasteiger charge is 2.21. The zero-order valence-corrected chi connectivity index (χ0v) is 17.7. The number of anilines is 2. The van der Waals surface area contributed by atoms with Crippen LogP contribution in [0.4, 0.5) is 15.9 Å². The lowest BCUT2D eigenvalue weighted by molar-refractivity contribution is 0.110. The lowest BCUT2D eigenvalue weighted by atomic mass is 10.1. The Morgan fingerprint density at radius 3 is 2.70 bits per heavy atom. The van der Waals surface area contributed by atoms with Crippen LogP contribution in [0.25, 0.3) is 10.9 Å². The number of hydrogen-bond donors (Lipinski definition) is 1. The van der Waals surface area contributed by atoms with Gasteiger partial charge in [-0.15, -0.1) is 0 Å². The van der Waals surface area contributed by atoms with E-state index in [0.717, 1.165) is 36.8 Å². The van der Waals surface area contributed by atoms with E-state index in [2.05, 4.69) is 27.2 Å². The van der Waals surface area contributed by atoms with Gasteiger partial charge in [0, 0.05) is 30.2 Å². The number of fused-ring (bicyclic) bond motifs is 1. The van der Waals surface area contributed by atoms with Gasteiger partial charge < -0.3 is 19.7 Å². The molecule has 2 aromatic carbocycles. The summed E-state index contributed by atoms with van der Waals surface area (Å²) in [5.74, 6) is 1.45. The van der Waals surface area contributed by atoms with Gasteiger partial charge in [0.05, 0.1) is 17.1 Å². The molecule has 1 aliphatic rings. The van der Waals surface area contributed by atoms with Crippen molar-refractivity contribution in [3.05, 3.63) is 47.5 Å². The van der Waals surface area contributed by atoms with Crippen LogP contribution in [0, 0.1) is 5.82 Å². The predicted octanol–water partition coefficient (Wildman–Crippen LogP) is 5.04. The summed E-state index contributed by atoms with van der Waals surface area (Å²) in [7, 11) is 2.12. The molecule has 0 aliphatic carbocycles. The number of likely N-dealkylation sites (tertiary alicyclic amines) is 1. The fourth-order valence-electron chi connectivity index (χ4n) is 3.52. The molecule has 1 fully saturated rings. The van der Waals surface area contributed by atoms with E-state index < -0.39 is 5.82 Å². The van der Waals surface area contributed by atoms with Gasteiger partial charge in [0.25, 0.3) is 0 Å². The normalized spacial score (nSPS) is 15.3. The summed E-state index contributed by atoms with van der Waals surface area (Å²) in [5, 5.41) is 4.02. The Hall–Kier alpha value is -2.64. The minimum atomic E-state index is -0.468. The average molecular weight is 431 g/mol. The monoisotopic (exact) mass is 430 g/mol. The molecule has 1 saturated heterocycles. The number of piperidine rings is 1. The van der Waals surface area contributed by atoms with E-state index in [1.54, 1.807) is 6.07 Å². The fraction of sp³-hybridized carbons (Fsp3) is 0.364. The van der Waals surface area contributed by atoms with Gasteiger partial charge in [-0.1, -0.05) is 11.6 Å². The molecule has 0 radical (unpaired) electrons. The smallest absolute Gasteiger partial charge is 0.163 e. The standard InChI is InChI=1S/C22H24ClFN4O2/c1-3-29-20-12-19-16(11-21(20)30-15-6-8-28(2)9-7-15)22(26-13-25-19)27-14-4-5-18(24)17(23)10-14/h4-5,10-13,15H,3,6-9H2,1-2H3,(H,25,26,27). The first kappa shape index (κ1) is 20.6. The van der Waals surface area contributed by atoms with Gasteiger partial charge in [-0.2, -0.15) is 0 Å². The van der Waals surface area contributed by atoms with Crippen LogP contribution in [-0.2, 0) is 0 Å². The summed E-state index contributed by atoms with van der Waals surface area (Å²) >= 11 is 5.91. The van der Waals surface area contributed by atoms with E-state index >= 15 is 0 Å². The maximum absolute atomic E-state index is 13.5. The van der Waals surface area contributed by atoms with Crippen molar-refractivity contribution in [2.75, 3.05) is 32.1 Å². The number of hydrogen-bond acceptors (Lipinski definition) is 6. The van der Waals surface area contributed by atoms with Gasteiger partial charge in [-0.25, -0.2) is 14.4 Å². The number of halogens is 2. The maximum Gasteiger partial charge on any atom is 0.163 e. The molecule has 0 unspecified atom stereocenters. The highest BCUT2D eigenvalue weighted by atomic mass is 35.5. The highest BCUT2D eigenvalue weighted by Crippen LogP contribution is 2.36. The quantitative estimate of drug-likeness (QED) is 0.591. The van der Waals surface area contributed by atoms with E-state index in [4.69, 9.17) is 21.1 Å². The predicted molar refractivity (Wildman–Crippen MR) is 117 cm³/mol. The largest absolute Gasteiger partial charge is 0.490 e. The Labute approximate surface area is 180 Å². The van der Waals surface area contributed by atoms with Crippen molar-refractivity contribution in [2.24, 2.45) is 0 Å². The second kappa shape index (κ2) is 9.02. The number of aromatic nitrogens is 2. The summed E-state index contributed by atoms with van der Waals surface area (Å²) in [4.78, 5) is 11.0. The molecule has 3 aromatic rings. The number of rotatable bonds is 6. The van der Waals surface area contributed by atoms with Crippen LogP contribution in [-0.4, -0.2) is 47.7 Å². The molecule has 30 heavy (non-hydrogen) atoms. The molecule has 0 atom stereocenters. The summed E-state index contributed by atoms with van der Waals surface area (Å²) in [6, 6.07) is 8.23. The van der Waals surface area contributed by atoms with E-state index in [0.29, 0.717) is 29.6 Å². The molecule has 0 saturated carbocycles. The Balaban J connectivity index is 1.68. The van der Waals surface area contributed by atoms with Crippen LogP contribution in [0.5, 0.6) is 11.5 Å². The fourth-order valence-corrected chi connectivity index (χ4v) is 3.70. The number of nitrogens with one attached hydrogen (secondary N) is 1. The van der Waals surface area contributed by atoms with Crippen LogP contribution >= 0.6 is 11.6 Å². The van der Waals surface area contributed by atoms with Crippen LogP contribution in [0.3, 0.4) is 0 Å². The number of benzene rings is 2. The van der Waals surface area contributed by atoms with Gasteiger partial charge in [0.2, 0.25) is 0 Å². The maximum atomic E-state index is 13.5. The molecule has 158 valence electrons. The third kappa shape index (κ3) is 4.57. The lowest BCUT2D eigenvalue weighted by Gasteiger charge is -2.29. The topological polar surface area (TPSA) is 59.5 Å². The molecular weight excluding hydrogens is 407 g/mol. The third-order valence-corrected chi connectivity index (χ3v) is 5.43. The number of nitrogens with zero attached hydrogens (tertiary/aromatic N) is 3. The summed E-state index contributed by atoms with van der Waals surface area (Å²) < 4.78 is 25.6.